The Balaban J connectivity index is 2.45. The number of ether oxygens (including phenoxy) is 2. The first-order valence-electron chi connectivity index (χ1n) is 4.54. The second kappa shape index (κ2) is 3.58. The topological polar surface area (TPSA) is 18.5 Å². The highest BCUT2D eigenvalue weighted by Gasteiger charge is 2.38. The predicted octanol–water partition coefficient (Wildman–Crippen LogP) is 2.49. The fraction of sp³-hybridized carbons (Fsp3) is 0.800. The maximum atomic E-state index is 5.69. The molecule has 0 N–H and O–H groups in total. The van der Waals surface area contributed by atoms with E-state index in [1.54, 1.807) is 0 Å². The quantitative estimate of drug-likeness (QED) is 0.606. The van der Waals surface area contributed by atoms with E-state index in [1.807, 2.05) is 26.8 Å². The first-order valence-corrected chi connectivity index (χ1v) is 4.54. The van der Waals surface area contributed by atoms with Crippen molar-refractivity contribution in [3.8, 4) is 0 Å². The number of rotatable bonds is 3. The summed E-state index contributed by atoms with van der Waals surface area (Å²) in [5.41, 5.74) is 0. The van der Waals surface area contributed by atoms with Crippen molar-refractivity contribution in [2.75, 3.05) is 0 Å². The van der Waals surface area contributed by atoms with Crippen LogP contribution in [0.2, 0.25) is 0 Å². The molecule has 1 aliphatic heterocycles. The molecule has 1 aliphatic rings. The lowest BCUT2D eigenvalue weighted by atomic mass is 10.2. The Kier molecular flexibility index (Phi) is 2.91. The summed E-state index contributed by atoms with van der Waals surface area (Å²) < 4.78 is 11.4. The molecule has 0 spiro atoms. The van der Waals surface area contributed by atoms with E-state index in [-0.39, 0.29) is 18.0 Å². The summed E-state index contributed by atoms with van der Waals surface area (Å²) in [6.07, 6.45) is 4.15. The van der Waals surface area contributed by atoms with Crippen LogP contribution in [0.15, 0.2) is 12.7 Å². The summed E-state index contributed by atoms with van der Waals surface area (Å²) >= 11 is 0. The van der Waals surface area contributed by atoms with Gasteiger partial charge in [-0.15, -0.1) is 6.58 Å². The van der Waals surface area contributed by atoms with Gasteiger partial charge in [0.1, 0.15) is 0 Å². The van der Waals surface area contributed by atoms with Gasteiger partial charge in [-0.1, -0.05) is 6.08 Å². The van der Waals surface area contributed by atoms with Crippen molar-refractivity contribution in [2.24, 2.45) is 0 Å². The molecule has 12 heavy (non-hydrogen) atoms. The summed E-state index contributed by atoms with van der Waals surface area (Å²) in [5, 5.41) is 0. The summed E-state index contributed by atoms with van der Waals surface area (Å²) in [6, 6.07) is 0. The van der Waals surface area contributed by atoms with Gasteiger partial charge in [-0.2, -0.15) is 0 Å². The maximum Gasteiger partial charge on any atom is 0.166 e. The van der Waals surface area contributed by atoms with Crippen LogP contribution < -0.4 is 0 Å². The van der Waals surface area contributed by atoms with Gasteiger partial charge in [0.2, 0.25) is 0 Å². The zero-order valence-corrected chi connectivity index (χ0v) is 8.17. The van der Waals surface area contributed by atoms with E-state index in [1.165, 1.54) is 0 Å². The molecule has 3 atom stereocenters. The zero-order valence-electron chi connectivity index (χ0n) is 8.17. The molecule has 1 fully saturated rings. The number of hydrogen-bond acceptors (Lipinski definition) is 2. The minimum absolute atomic E-state index is 0.208. The molecule has 1 rings (SSSR count). The van der Waals surface area contributed by atoms with E-state index in [4.69, 9.17) is 9.47 Å². The first kappa shape index (κ1) is 9.75. The molecule has 0 aromatic rings. The Labute approximate surface area is 74.6 Å². The van der Waals surface area contributed by atoms with E-state index in [2.05, 4.69) is 6.58 Å². The third kappa shape index (κ3) is 2.08. The van der Waals surface area contributed by atoms with Crippen LogP contribution in [0.3, 0.4) is 0 Å². The van der Waals surface area contributed by atoms with Gasteiger partial charge in [0.05, 0.1) is 12.2 Å². The van der Waals surface area contributed by atoms with E-state index in [0.717, 1.165) is 12.8 Å². The lowest BCUT2D eigenvalue weighted by Crippen LogP contribution is -2.26. The van der Waals surface area contributed by atoms with Gasteiger partial charge < -0.3 is 9.47 Å². The van der Waals surface area contributed by atoms with Crippen molar-refractivity contribution in [1.82, 2.24) is 0 Å². The molecule has 0 aromatic heterocycles. The Morgan fingerprint density at radius 2 is 1.83 bits per heavy atom. The zero-order chi connectivity index (χ0) is 9.19. The normalized spacial score (nSPS) is 41.6. The SMILES string of the molecule is C=CCCC1(C)O[C@@H](C)[C@@H](C)O1. The standard InChI is InChI=1S/C10H18O2/c1-5-6-7-10(4)11-8(2)9(3)12-10/h5,8-9H,1,6-7H2,2-4H3/t8-,9+,10?. The molecule has 2 nitrogen and oxygen atoms in total. The first-order chi connectivity index (χ1) is 5.57. The molecule has 1 saturated heterocycles. The predicted molar refractivity (Wildman–Crippen MR) is 48.9 cm³/mol. The van der Waals surface area contributed by atoms with Gasteiger partial charge in [0.15, 0.2) is 5.79 Å². The van der Waals surface area contributed by atoms with E-state index in [9.17, 15) is 0 Å². The van der Waals surface area contributed by atoms with Crippen LogP contribution >= 0.6 is 0 Å². The third-order valence-corrected chi connectivity index (χ3v) is 2.33. The minimum atomic E-state index is -0.382. The van der Waals surface area contributed by atoms with Crippen LogP contribution in [0.5, 0.6) is 0 Å². The smallest absolute Gasteiger partial charge is 0.166 e. The van der Waals surface area contributed by atoms with Gasteiger partial charge in [0.25, 0.3) is 0 Å². The van der Waals surface area contributed by atoms with Gasteiger partial charge in [-0.05, 0) is 27.2 Å². The summed E-state index contributed by atoms with van der Waals surface area (Å²) in [5.74, 6) is -0.382. The number of allylic oxidation sites excluding steroid dienone is 1. The third-order valence-electron chi connectivity index (χ3n) is 2.33. The van der Waals surface area contributed by atoms with Gasteiger partial charge in [0, 0.05) is 6.42 Å². The maximum absolute atomic E-state index is 5.69. The fourth-order valence-corrected chi connectivity index (χ4v) is 1.49. The lowest BCUT2D eigenvalue weighted by molar-refractivity contribution is -0.162. The lowest BCUT2D eigenvalue weighted by Gasteiger charge is -2.22. The molecule has 1 unspecified atom stereocenters. The number of hydrogen-bond donors (Lipinski definition) is 0. The Morgan fingerprint density at radius 1 is 1.33 bits per heavy atom. The van der Waals surface area contributed by atoms with Crippen LogP contribution in [-0.2, 0) is 9.47 Å². The average Bonchev–Trinajstić information content (AvgIpc) is 2.24. The fourth-order valence-electron chi connectivity index (χ4n) is 1.49. The largest absolute Gasteiger partial charge is 0.345 e. The van der Waals surface area contributed by atoms with Gasteiger partial charge in [-0.3, -0.25) is 0 Å². The average molecular weight is 170 g/mol. The Bertz CT molecular complexity index is 155. The van der Waals surface area contributed by atoms with Crippen molar-refractivity contribution >= 4 is 0 Å². The minimum Gasteiger partial charge on any atom is -0.345 e. The van der Waals surface area contributed by atoms with E-state index >= 15 is 0 Å². The van der Waals surface area contributed by atoms with E-state index in [0.29, 0.717) is 0 Å². The molecule has 0 bridgehead atoms. The van der Waals surface area contributed by atoms with Crippen LogP contribution in [0, 0.1) is 0 Å². The second-order valence-corrected chi connectivity index (χ2v) is 3.61. The summed E-state index contributed by atoms with van der Waals surface area (Å²) in [4.78, 5) is 0. The van der Waals surface area contributed by atoms with Gasteiger partial charge >= 0.3 is 0 Å². The Hall–Kier alpha value is -0.340. The van der Waals surface area contributed by atoms with E-state index < -0.39 is 0 Å². The molecular formula is C10H18O2. The molecule has 0 aromatic carbocycles. The van der Waals surface area contributed by atoms with Crippen LogP contribution in [0.1, 0.15) is 33.6 Å². The van der Waals surface area contributed by atoms with Crippen molar-refractivity contribution < 1.29 is 9.47 Å². The molecule has 0 radical (unpaired) electrons. The molecule has 2 heteroatoms. The van der Waals surface area contributed by atoms with Crippen LogP contribution in [0.25, 0.3) is 0 Å². The second-order valence-electron chi connectivity index (χ2n) is 3.61. The van der Waals surface area contributed by atoms with Gasteiger partial charge in [-0.25, -0.2) is 0 Å². The molecule has 0 saturated carbocycles. The van der Waals surface area contributed by atoms with Crippen molar-refractivity contribution in [2.45, 2.75) is 51.6 Å². The summed E-state index contributed by atoms with van der Waals surface area (Å²) in [6.45, 7) is 9.77. The molecule has 0 amide bonds. The van der Waals surface area contributed by atoms with Crippen molar-refractivity contribution in [1.29, 1.82) is 0 Å². The van der Waals surface area contributed by atoms with Crippen LogP contribution in [0.4, 0.5) is 0 Å². The molecule has 0 aliphatic carbocycles. The summed E-state index contributed by atoms with van der Waals surface area (Å²) in [7, 11) is 0. The monoisotopic (exact) mass is 170 g/mol. The highest BCUT2D eigenvalue weighted by molar-refractivity contribution is 4.81. The molecule has 1 heterocycles. The van der Waals surface area contributed by atoms with Crippen LogP contribution in [-0.4, -0.2) is 18.0 Å². The highest BCUT2D eigenvalue weighted by Crippen LogP contribution is 2.31. The Morgan fingerprint density at radius 3 is 2.25 bits per heavy atom. The molecular weight excluding hydrogens is 152 g/mol. The van der Waals surface area contributed by atoms with Crippen molar-refractivity contribution in [3.63, 3.8) is 0 Å². The molecule has 70 valence electrons. The highest BCUT2D eigenvalue weighted by atomic mass is 16.7. The van der Waals surface area contributed by atoms with Crippen molar-refractivity contribution in [3.05, 3.63) is 12.7 Å².